The van der Waals surface area contributed by atoms with Crippen LogP contribution in [0.25, 0.3) is 10.9 Å². The zero-order valence-electron chi connectivity index (χ0n) is 11.6. The second-order valence-corrected chi connectivity index (χ2v) is 4.49. The number of pyridine rings is 1. The largest absolute Gasteiger partial charge is 0.490 e. The third-order valence-electron chi connectivity index (χ3n) is 3.20. The van der Waals surface area contributed by atoms with E-state index in [1.54, 1.807) is 13.3 Å². The zero-order chi connectivity index (χ0) is 14.7. The molecule has 0 unspecified atom stereocenters. The van der Waals surface area contributed by atoms with Crippen LogP contribution in [0.3, 0.4) is 0 Å². The summed E-state index contributed by atoms with van der Waals surface area (Å²) in [5, 5.41) is 4.32. The number of fused-ring (bicyclic) bond motifs is 1. The van der Waals surface area contributed by atoms with Crippen molar-refractivity contribution in [3.63, 3.8) is 0 Å². The normalized spacial score (nSPS) is 10.5. The van der Waals surface area contributed by atoms with Gasteiger partial charge in [0.15, 0.2) is 11.6 Å². The third-order valence-corrected chi connectivity index (χ3v) is 3.20. The maximum absolute atomic E-state index is 5.76. The first kappa shape index (κ1) is 13.1. The van der Waals surface area contributed by atoms with Gasteiger partial charge in [0.05, 0.1) is 12.6 Å². The predicted octanol–water partition coefficient (Wildman–Crippen LogP) is 2.23. The molecule has 2 heterocycles. The molecule has 6 nitrogen and oxygen atoms in total. The number of ether oxygens (including phenoxy) is 1. The Morgan fingerprint density at radius 1 is 1.14 bits per heavy atom. The third kappa shape index (κ3) is 2.55. The van der Waals surface area contributed by atoms with E-state index in [2.05, 4.69) is 20.3 Å². The van der Waals surface area contributed by atoms with Crippen molar-refractivity contribution in [2.24, 2.45) is 0 Å². The number of nitrogens with one attached hydrogen (secondary N) is 1. The fourth-order valence-corrected chi connectivity index (χ4v) is 2.20. The monoisotopic (exact) mass is 281 g/mol. The van der Waals surface area contributed by atoms with Gasteiger partial charge in [0.1, 0.15) is 6.33 Å². The summed E-state index contributed by atoms with van der Waals surface area (Å²) in [6, 6.07) is 10.0. The van der Waals surface area contributed by atoms with Crippen LogP contribution in [-0.4, -0.2) is 22.1 Å². The SMILES string of the molecule is COc1c(N)ncnc1NCc1cccc2cccnc12. The van der Waals surface area contributed by atoms with Gasteiger partial charge in [-0.15, -0.1) is 0 Å². The molecule has 3 aromatic rings. The van der Waals surface area contributed by atoms with Crippen molar-refractivity contribution in [3.8, 4) is 5.75 Å². The van der Waals surface area contributed by atoms with Crippen molar-refractivity contribution < 1.29 is 4.74 Å². The topological polar surface area (TPSA) is 86.0 Å². The standard InChI is InChI=1S/C15H15N5O/c1-21-13-14(16)19-9-20-15(13)18-8-11-5-2-4-10-6-3-7-17-12(10)11/h2-7,9H,8H2,1H3,(H3,16,18,19,20). The Kier molecular flexibility index (Phi) is 3.51. The highest BCUT2D eigenvalue weighted by atomic mass is 16.5. The van der Waals surface area contributed by atoms with E-state index in [0.29, 0.717) is 23.9 Å². The molecule has 0 spiro atoms. The van der Waals surface area contributed by atoms with Crippen molar-refractivity contribution in [2.75, 3.05) is 18.2 Å². The second kappa shape index (κ2) is 5.62. The highest BCUT2D eigenvalue weighted by Crippen LogP contribution is 2.27. The highest BCUT2D eigenvalue weighted by Gasteiger charge is 2.10. The second-order valence-electron chi connectivity index (χ2n) is 4.49. The molecule has 0 bridgehead atoms. The molecule has 0 amide bonds. The van der Waals surface area contributed by atoms with Crippen LogP contribution >= 0.6 is 0 Å². The minimum atomic E-state index is 0.311. The van der Waals surface area contributed by atoms with Crippen molar-refractivity contribution in [3.05, 3.63) is 48.4 Å². The smallest absolute Gasteiger partial charge is 0.203 e. The number of nitrogens with two attached hydrogens (primary N) is 1. The van der Waals surface area contributed by atoms with Crippen LogP contribution in [0.4, 0.5) is 11.6 Å². The quantitative estimate of drug-likeness (QED) is 0.762. The van der Waals surface area contributed by atoms with E-state index in [4.69, 9.17) is 10.5 Å². The summed E-state index contributed by atoms with van der Waals surface area (Å²) >= 11 is 0. The molecule has 0 atom stereocenters. The summed E-state index contributed by atoms with van der Waals surface area (Å²) in [5.74, 6) is 1.33. The van der Waals surface area contributed by atoms with Gasteiger partial charge >= 0.3 is 0 Å². The minimum Gasteiger partial charge on any atom is -0.490 e. The van der Waals surface area contributed by atoms with Crippen LogP contribution in [0.2, 0.25) is 0 Å². The molecule has 3 rings (SSSR count). The van der Waals surface area contributed by atoms with E-state index in [1.807, 2.05) is 30.3 Å². The Bertz CT molecular complexity index is 770. The molecule has 1 aromatic carbocycles. The van der Waals surface area contributed by atoms with Crippen molar-refractivity contribution in [1.82, 2.24) is 15.0 Å². The summed E-state index contributed by atoms with van der Waals surface area (Å²) in [6.07, 6.45) is 3.19. The summed E-state index contributed by atoms with van der Waals surface area (Å²) < 4.78 is 5.22. The Hall–Kier alpha value is -2.89. The average Bonchev–Trinajstić information content (AvgIpc) is 2.53. The number of rotatable bonds is 4. The Morgan fingerprint density at radius 3 is 2.86 bits per heavy atom. The summed E-state index contributed by atoms with van der Waals surface area (Å²) in [5.41, 5.74) is 7.81. The number of aromatic nitrogens is 3. The lowest BCUT2D eigenvalue weighted by atomic mass is 10.1. The molecule has 0 aliphatic carbocycles. The van der Waals surface area contributed by atoms with Crippen LogP contribution in [0, 0.1) is 0 Å². The lowest BCUT2D eigenvalue weighted by Crippen LogP contribution is -2.07. The molecule has 106 valence electrons. The van der Waals surface area contributed by atoms with Crippen LogP contribution < -0.4 is 15.8 Å². The van der Waals surface area contributed by atoms with Gasteiger partial charge in [-0.2, -0.15) is 0 Å². The zero-order valence-corrected chi connectivity index (χ0v) is 11.6. The number of hydrogen-bond acceptors (Lipinski definition) is 6. The number of methoxy groups -OCH3 is 1. The molecule has 6 heteroatoms. The molecule has 0 aliphatic rings. The fraction of sp³-hybridized carbons (Fsp3) is 0.133. The first-order chi connectivity index (χ1) is 10.3. The van der Waals surface area contributed by atoms with Gasteiger partial charge in [0, 0.05) is 18.1 Å². The number of nitrogens with zero attached hydrogens (tertiary/aromatic N) is 3. The summed E-state index contributed by atoms with van der Waals surface area (Å²) in [4.78, 5) is 12.5. The number of anilines is 2. The molecule has 0 fully saturated rings. The van der Waals surface area contributed by atoms with E-state index >= 15 is 0 Å². The highest BCUT2D eigenvalue weighted by molar-refractivity contribution is 5.81. The first-order valence-electron chi connectivity index (χ1n) is 6.50. The average molecular weight is 281 g/mol. The van der Waals surface area contributed by atoms with E-state index in [9.17, 15) is 0 Å². The Morgan fingerprint density at radius 2 is 2.00 bits per heavy atom. The van der Waals surface area contributed by atoms with Crippen LogP contribution in [0.15, 0.2) is 42.9 Å². The number of benzene rings is 1. The van der Waals surface area contributed by atoms with Gasteiger partial charge in [-0.05, 0) is 11.6 Å². The molecule has 0 aliphatic heterocycles. The minimum absolute atomic E-state index is 0.311. The maximum atomic E-state index is 5.76. The number of nitrogen functional groups attached to an aromatic ring is 1. The molecule has 0 saturated heterocycles. The maximum Gasteiger partial charge on any atom is 0.203 e. The van der Waals surface area contributed by atoms with Gasteiger partial charge in [-0.1, -0.05) is 24.3 Å². The van der Waals surface area contributed by atoms with Crippen molar-refractivity contribution in [2.45, 2.75) is 6.54 Å². The van der Waals surface area contributed by atoms with E-state index in [-0.39, 0.29) is 0 Å². The van der Waals surface area contributed by atoms with Crippen LogP contribution in [0.5, 0.6) is 5.75 Å². The van der Waals surface area contributed by atoms with Crippen molar-refractivity contribution >= 4 is 22.5 Å². The Balaban J connectivity index is 1.89. The molecule has 3 N–H and O–H groups in total. The molecular weight excluding hydrogens is 266 g/mol. The number of hydrogen-bond donors (Lipinski definition) is 2. The van der Waals surface area contributed by atoms with Gasteiger partial charge in [-0.3, -0.25) is 4.98 Å². The van der Waals surface area contributed by atoms with Crippen LogP contribution in [0.1, 0.15) is 5.56 Å². The fourth-order valence-electron chi connectivity index (χ4n) is 2.20. The van der Waals surface area contributed by atoms with Gasteiger partial charge < -0.3 is 15.8 Å². The predicted molar refractivity (Wildman–Crippen MR) is 82.1 cm³/mol. The van der Waals surface area contributed by atoms with E-state index in [0.717, 1.165) is 16.5 Å². The molecule has 0 radical (unpaired) electrons. The lowest BCUT2D eigenvalue weighted by molar-refractivity contribution is 0.415. The molecular formula is C15H15N5O. The lowest BCUT2D eigenvalue weighted by Gasteiger charge is -2.12. The number of para-hydroxylation sites is 1. The first-order valence-corrected chi connectivity index (χ1v) is 6.50. The van der Waals surface area contributed by atoms with E-state index < -0.39 is 0 Å². The van der Waals surface area contributed by atoms with Gasteiger partial charge in [0.25, 0.3) is 0 Å². The van der Waals surface area contributed by atoms with Crippen LogP contribution in [-0.2, 0) is 6.54 Å². The van der Waals surface area contributed by atoms with E-state index in [1.165, 1.54) is 6.33 Å². The Labute approximate surface area is 122 Å². The summed E-state index contributed by atoms with van der Waals surface area (Å²) in [6.45, 7) is 0.571. The van der Waals surface area contributed by atoms with Gasteiger partial charge in [-0.25, -0.2) is 9.97 Å². The van der Waals surface area contributed by atoms with Crippen molar-refractivity contribution in [1.29, 1.82) is 0 Å². The molecule has 21 heavy (non-hydrogen) atoms. The molecule has 0 saturated carbocycles. The van der Waals surface area contributed by atoms with Gasteiger partial charge in [0.2, 0.25) is 5.75 Å². The molecule has 2 aromatic heterocycles. The summed E-state index contributed by atoms with van der Waals surface area (Å²) in [7, 11) is 1.54.